The summed E-state index contributed by atoms with van der Waals surface area (Å²) in [5.74, 6) is 0.690. The van der Waals surface area contributed by atoms with Crippen LogP contribution in [0.3, 0.4) is 0 Å². The molecule has 28 heavy (non-hydrogen) atoms. The highest BCUT2D eigenvalue weighted by Gasteiger charge is 2.24. The van der Waals surface area contributed by atoms with Crippen molar-refractivity contribution in [1.82, 2.24) is 24.9 Å². The van der Waals surface area contributed by atoms with Crippen molar-refractivity contribution < 1.29 is 9.63 Å². The van der Waals surface area contributed by atoms with Crippen LogP contribution in [0.15, 0.2) is 48.9 Å². The molecule has 0 radical (unpaired) electrons. The van der Waals surface area contributed by atoms with Crippen LogP contribution in [0, 0.1) is 13.8 Å². The van der Waals surface area contributed by atoms with Gasteiger partial charge < -0.3 is 4.90 Å². The molecule has 1 aliphatic heterocycles. The van der Waals surface area contributed by atoms with Gasteiger partial charge in [-0.15, -0.1) is 0 Å². The van der Waals surface area contributed by atoms with Crippen molar-refractivity contribution in [2.45, 2.75) is 13.8 Å². The summed E-state index contributed by atoms with van der Waals surface area (Å²) < 4.78 is 0. The Labute approximate surface area is 163 Å². The summed E-state index contributed by atoms with van der Waals surface area (Å²) in [6.45, 7) is 5.95. The van der Waals surface area contributed by atoms with Gasteiger partial charge >= 0.3 is 0 Å². The first-order valence-electron chi connectivity index (χ1n) is 9.21. The van der Waals surface area contributed by atoms with E-state index in [0.717, 1.165) is 16.9 Å². The second-order valence-corrected chi connectivity index (χ2v) is 6.76. The van der Waals surface area contributed by atoms with Gasteiger partial charge in [0.05, 0.1) is 36.8 Å². The molecule has 1 aromatic carbocycles. The van der Waals surface area contributed by atoms with Gasteiger partial charge in [0, 0.05) is 19.3 Å². The molecule has 0 unspecified atom stereocenters. The lowest BCUT2D eigenvalue weighted by Gasteiger charge is -2.22. The molecule has 4 rings (SSSR count). The fraction of sp³-hybridized carbons (Fsp3) is 0.300. The fourth-order valence-electron chi connectivity index (χ4n) is 3.15. The molecule has 1 fully saturated rings. The van der Waals surface area contributed by atoms with Gasteiger partial charge in [0.15, 0.2) is 5.82 Å². The molecule has 0 spiro atoms. The lowest BCUT2D eigenvalue weighted by atomic mass is 10.1. The molecule has 3 aromatic rings. The summed E-state index contributed by atoms with van der Waals surface area (Å²) in [6, 6.07) is 9.63. The molecule has 144 valence electrons. The predicted molar refractivity (Wildman–Crippen MR) is 104 cm³/mol. The average Bonchev–Trinajstić information content (AvgIpc) is 3.12. The maximum absolute atomic E-state index is 13.3. The minimum atomic E-state index is -0.0571. The largest absolute Gasteiger partial charge is 0.334 e. The summed E-state index contributed by atoms with van der Waals surface area (Å²) in [7, 11) is 0. The highest BCUT2D eigenvalue weighted by atomic mass is 16.7. The van der Waals surface area contributed by atoms with E-state index in [2.05, 4.69) is 15.2 Å². The van der Waals surface area contributed by atoms with Gasteiger partial charge in [0.1, 0.15) is 0 Å². The normalized spacial score (nSPS) is 14.8. The predicted octanol–water partition coefficient (Wildman–Crippen LogP) is 2.17. The maximum atomic E-state index is 13.3. The zero-order chi connectivity index (χ0) is 19.5. The molecule has 8 nitrogen and oxygen atoms in total. The van der Waals surface area contributed by atoms with E-state index in [0.29, 0.717) is 37.5 Å². The highest BCUT2D eigenvalue weighted by molar-refractivity contribution is 5.98. The van der Waals surface area contributed by atoms with E-state index in [1.807, 2.05) is 50.4 Å². The summed E-state index contributed by atoms with van der Waals surface area (Å²) in [5, 5.41) is 10.1. The molecule has 0 N–H and O–H groups in total. The molecule has 8 heteroatoms. The van der Waals surface area contributed by atoms with Gasteiger partial charge in [-0.25, -0.2) is 10.0 Å². The Hall–Kier alpha value is -3.26. The van der Waals surface area contributed by atoms with Crippen LogP contribution in [0.1, 0.15) is 21.5 Å². The molecule has 1 saturated heterocycles. The van der Waals surface area contributed by atoms with E-state index in [1.54, 1.807) is 22.4 Å². The highest BCUT2D eigenvalue weighted by Crippen LogP contribution is 2.19. The number of benzene rings is 1. The van der Waals surface area contributed by atoms with E-state index in [1.165, 1.54) is 4.80 Å². The third kappa shape index (κ3) is 3.72. The summed E-state index contributed by atoms with van der Waals surface area (Å²) in [4.78, 5) is 26.8. The molecule has 3 heterocycles. The molecular formula is C20H22N6O2. The Kier molecular flexibility index (Phi) is 5.03. The van der Waals surface area contributed by atoms with Crippen LogP contribution in [-0.2, 0) is 4.84 Å². The van der Waals surface area contributed by atoms with Crippen LogP contribution >= 0.6 is 0 Å². The Morgan fingerprint density at radius 1 is 1.00 bits per heavy atom. The minimum Gasteiger partial charge on any atom is -0.334 e. The van der Waals surface area contributed by atoms with Crippen molar-refractivity contribution in [3.63, 3.8) is 0 Å². The zero-order valence-electron chi connectivity index (χ0n) is 15.9. The van der Waals surface area contributed by atoms with E-state index in [9.17, 15) is 4.79 Å². The van der Waals surface area contributed by atoms with Gasteiger partial charge in [0.25, 0.3) is 5.91 Å². The number of amides is 1. The molecule has 1 aliphatic rings. The average molecular weight is 378 g/mol. The zero-order valence-corrected chi connectivity index (χ0v) is 15.9. The smallest absolute Gasteiger partial charge is 0.256 e. The minimum absolute atomic E-state index is 0.0571. The Morgan fingerprint density at radius 3 is 2.54 bits per heavy atom. The number of aryl methyl sites for hydroxylation is 2. The second-order valence-electron chi connectivity index (χ2n) is 6.76. The quantitative estimate of drug-likeness (QED) is 0.695. The first-order chi connectivity index (χ1) is 13.6. The number of carbonyl (C=O) groups excluding carboxylic acids is 1. The molecule has 0 saturated carbocycles. The molecule has 2 aromatic heterocycles. The molecule has 0 atom stereocenters. The second kappa shape index (κ2) is 7.77. The maximum Gasteiger partial charge on any atom is 0.256 e. The Morgan fingerprint density at radius 2 is 1.79 bits per heavy atom. The van der Waals surface area contributed by atoms with Gasteiger partial charge in [-0.1, -0.05) is 17.7 Å². The Bertz CT molecular complexity index is 955. The first kappa shape index (κ1) is 18.1. The van der Waals surface area contributed by atoms with Crippen LogP contribution in [0.2, 0.25) is 0 Å². The number of rotatable bonds is 3. The number of hydroxylamine groups is 1. The van der Waals surface area contributed by atoms with E-state index < -0.39 is 0 Å². The van der Waals surface area contributed by atoms with Gasteiger partial charge in [-0.05, 0) is 37.6 Å². The fourth-order valence-corrected chi connectivity index (χ4v) is 3.15. The van der Waals surface area contributed by atoms with Gasteiger partial charge in [-0.2, -0.15) is 15.0 Å². The summed E-state index contributed by atoms with van der Waals surface area (Å²) in [5.41, 5.74) is 3.35. The SMILES string of the molecule is Cc1ccc(N2CCN(C(=O)c3cc(C)ccc3-n3nccn3)CCO2)nc1. The van der Waals surface area contributed by atoms with Crippen LogP contribution < -0.4 is 5.06 Å². The molecule has 0 bridgehead atoms. The first-order valence-corrected chi connectivity index (χ1v) is 9.21. The lowest BCUT2D eigenvalue weighted by molar-refractivity contribution is 0.0730. The number of hydrogen-bond donors (Lipinski definition) is 0. The van der Waals surface area contributed by atoms with Gasteiger partial charge in [0.2, 0.25) is 0 Å². The standard InChI is InChI=1S/C20H22N6O2/c1-15-3-5-18(26-22-7-8-23-26)17(13-15)20(27)24-9-10-25(28-12-11-24)19-6-4-16(2)14-21-19/h3-8,13-14H,9-12H2,1-2H3. The summed E-state index contributed by atoms with van der Waals surface area (Å²) >= 11 is 0. The number of anilines is 1. The third-order valence-corrected chi connectivity index (χ3v) is 4.64. The molecule has 0 aliphatic carbocycles. The number of hydrogen-bond acceptors (Lipinski definition) is 6. The number of aromatic nitrogens is 4. The van der Waals surface area contributed by atoms with E-state index in [4.69, 9.17) is 4.84 Å². The van der Waals surface area contributed by atoms with Crippen molar-refractivity contribution in [2.24, 2.45) is 0 Å². The van der Waals surface area contributed by atoms with E-state index >= 15 is 0 Å². The van der Waals surface area contributed by atoms with Crippen LogP contribution in [0.5, 0.6) is 0 Å². The van der Waals surface area contributed by atoms with Crippen LogP contribution in [0.25, 0.3) is 5.69 Å². The molecule has 1 amide bonds. The number of nitrogens with zero attached hydrogens (tertiary/aromatic N) is 6. The van der Waals surface area contributed by atoms with Gasteiger partial charge in [-0.3, -0.25) is 9.63 Å². The summed E-state index contributed by atoms with van der Waals surface area (Å²) in [6.07, 6.45) is 5.00. The van der Waals surface area contributed by atoms with Crippen molar-refractivity contribution in [1.29, 1.82) is 0 Å². The number of pyridine rings is 1. The van der Waals surface area contributed by atoms with Crippen LogP contribution in [-0.4, -0.2) is 57.0 Å². The van der Waals surface area contributed by atoms with Crippen molar-refractivity contribution in [3.8, 4) is 5.69 Å². The third-order valence-electron chi connectivity index (χ3n) is 4.64. The van der Waals surface area contributed by atoms with Crippen molar-refractivity contribution in [2.75, 3.05) is 31.3 Å². The number of carbonyl (C=O) groups is 1. The van der Waals surface area contributed by atoms with Crippen LogP contribution in [0.4, 0.5) is 5.82 Å². The Balaban J connectivity index is 1.54. The van der Waals surface area contributed by atoms with Crippen molar-refractivity contribution >= 4 is 11.7 Å². The topological polar surface area (TPSA) is 76.4 Å². The van der Waals surface area contributed by atoms with E-state index in [-0.39, 0.29) is 5.91 Å². The van der Waals surface area contributed by atoms with Crippen molar-refractivity contribution in [3.05, 3.63) is 65.6 Å². The monoisotopic (exact) mass is 378 g/mol. The lowest BCUT2D eigenvalue weighted by Crippen LogP contribution is -2.36. The molecular weight excluding hydrogens is 356 g/mol.